The smallest absolute Gasteiger partial charge is 0.293 e. The molecule has 0 spiro atoms. The highest BCUT2D eigenvalue weighted by atomic mass is 32.2. The van der Waals surface area contributed by atoms with Gasteiger partial charge in [-0.2, -0.15) is 18.2 Å². The highest BCUT2D eigenvalue weighted by Crippen LogP contribution is 2.68. The second-order valence-corrected chi connectivity index (χ2v) is 17.7. The number of alkyl halides is 4. The summed E-state index contributed by atoms with van der Waals surface area (Å²) < 4.78 is 124. The maximum absolute atomic E-state index is 15.5. The van der Waals surface area contributed by atoms with Crippen LogP contribution in [0.25, 0.3) is 27.7 Å². The fraction of sp³-hybridized carbons (Fsp3) is 0.295. The van der Waals surface area contributed by atoms with E-state index in [1.54, 1.807) is 36.4 Å². The van der Waals surface area contributed by atoms with E-state index >= 15 is 8.78 Å². The van der Waals surface area contributed by atoms with Crippen molar-refractivity contribution in [3.05, 3.63) is 141 Å². The van der Waals surface area contributed by atoms with Crippen LogP contribution < -0.4 is 16.2 Å². The molecular formula is C44H37F6N7O6S. The third-order valence-electron chi connectivity index (χ3n) is 11.8. The molecule has 64 heavy (non-hydrogen) atoms. The SMILES string of the molecule is CNC(=O)c1ccc(-c2ccc3c(=O)n(-c4ccc(S(=O)(=O)N5CCOCC5)cc4)c([C@H](Cc4cc(F)cc(F)c4)NC(=O)Cn4nc(C(F)F)c5c4C(F)(F)C4C[C@@H]54)nc3c2)cc1. The summed E-state index contributed by atoms with van der Waals surface area (Å²) in [6.45, 7) is -0.337. The Morgan fingerprint density at radius 2 is 1.59 bits per heavy atom. The van der Waals surface area contributed by atoms with Crippen molar-refractivity contribution in [2.75, 3.05) is 33.4 Å². The van der Waals surface area contributed by atoms with Crippen LogP contribution >= 0.6 is 0 Å². The molecule has 1 saturated carbocycles. The molecule has 1 saturated heterocycles. The Bertz CT molecular complexity index is 2990. The number of halogens is 6. The predicted octanol–water partition coefficient (Wildman–Crippen LogP) is 6.15. The molecule has 1 aliphatic heterocycles. The second-order valence-electron chi connectivity index (χ2n) is 15.8. The topological polar surface area (TPSA) is 158 Å². The van der Waals surface area contributed by atoms with Crippen molar-refractivity contribution in [1.82, 2.24) is 34.3 Å². The fourth-order valence-corrected chi connectivity index (χ4v) is 10.1. The van der Waals surface area contributed by atoms with Crippen LogP contribution in [0.3, 0.4) is 0 Å². The van der Waals surface area contributed by atoms with Gasteiger partial charge in [-0.15, -0.1) is 0 Å². The molecule has 6 aromatic rings. The van der Waals surface area contributed by atoms with E-state index < -0.39 is 87.7 Å². The van der Waals surface area contributed by atoms with Gasteiger partial charge in [0.05, 0.1) is 40.7 Å². The summed E-state index contributed by atoms with van der Waals surface area (Å²) in [6, 6.07) is 17.7. The first-order chi connectivity index (χ1) is 30.5. The average Bonchev–Trinajstić information content (AvgIpc) is 3.94. The normalized spacial score (nSPS) is 18.4. The predicted molar refractivity (Wildman–Crippen MR) is 219 cm³/mol. The van der Waals surface area contributed by atoms with Crippen LogP contribution in [0.4, 0.5) is 26.3 Å². The number of nitrogens with one attached hydrogen (secondary N) is 2. The molecule has 2 fully saturated rings. The summed E-state index contributed by atoms with van der Waals surface area (Å²) in [4.78, 5) is 45.8. The molecular weight excluding hydrogens is 869 g/mol. The molecule has 1 unspecified atom stereocenters. The number of hydrogen-bond acceptors (Lipinski definition) is 8. The summed E-state index contributed by atoms with van der Waals surface area (Å²) in [5.41, 5.74) is -0.918. The van der Waals surface area contributed by atoms with Crippen LogP contribution in [0.5, 0.6) is 0 Å². The fourth-order valence-electron chi connectivity index (χ4n) is 8.65. The number of fused-ring (bicyclic) bond motifs is 4. The number of carbonyl (C=O) groups is 2. The molecule has 3 heterocycles. The molecule has 4 aromatic carbocycles. The van der Waals surface area contributed by atoms with E-state index in [2.05, 4.69) is 15.7 Å². The van der Waals surface area contributed by atoms with Gasteiger partial charge in [0.15, 0.2) is 0 Å². The molecule has 3 aliphatic rings. The third kappa shape index (κ3) is 7.72. The molecule has 9 rings (SSSR count). The standard InChI is InChI=1S/C44H37F6N7O6S/c1-51-42(59)25-4-2-24(3-5-25)26-6-11-31-34(19-26)53-41(57(43(31)60)29-7-9-30(10-8-29)64(61,62)55-12-14-63-15-13-55)35(18-23-16-27(45)20-28(46)17-23)52-36(58)22-56-39-37(38(54-56)40(47)48)32-21-33(32)44(39,49)50/h2-11,16-17,19-20,32-33,35,40H,12-15,18,21-22H2,1H3,(H,51,59)(H,52,58)/t32-,33?,35+/m1/s1. The van der Waals surface area contributed by atoms with Crippen LogP contribution in [-0.2, 0) is 38.4 Å². The van der Waals surface area contributed by atoms with Gasteiger partial charge in [-0.05, 0) is 89.7 Å². The number of nitrogens with zero attached hydrogens (tertiary/aromatic N) is 5. The first kappa shape index (κ1) is 42.9. The van der Waals surface area contributed by atoms with Crippen molar-refractivity contribution in [1.29, 1.82) is 0 Å². The van der Waals surface area contributed by atoms with E-state index in [1.807, 2.05) is 0 Å². The first-order valence-electron chi connectivity index (χ1n) is 20.1. The van der Waals surface area contributed by atoms with Gasteiger partial charge in [0, 0.05) is 49.7 Å². The molecule has 332 valence electrons. The number of morpholine rings is 1. The van der Waals surface area contributed by atoms with Crippen molar-refractivity contribution >= 4 is 32.7 Å². The number of ether oxygens (including phenoxy) is 1. The third-order valence-corrected chi connectivity index (χ3v) is 13.7. The van der Waals surface area contributed by atoms with Gasteiger partial charge in [0.2, 0.25) is 15.9 Å². The Hall–Kier alpha value is -6.38. The lowest BCUT2D eigenvalue weighted by molar-refractivity contribution is -0.123. The highest BCUT2D eigenvalue weighted by Gasteiger charge is 2.67. The largest absolute Gasteiger partial charge is 0.379 e. The summed E-state index contributed by atoms with van der Waals surface area (Å²) in [5, 5.41) is 9.00. The van der Waals surface area contributed by atoms with Gasteiger partial charge >= 0.3 is 0 Å². The molecule has 0 radical (unpaired) electrons. The van der Waals surface area contributed by atoms with E-state index in [-0.39, 0.29) is 77.1 Å². The lowest BCUT2D eigenvalue weighted by Crippen LogP contribution is -2.40. The summed E-state index contributed by atoms with van der Waals surface area (Å²) in [7, 11) is -2.50. The molecule has 0 bridgehead atoms. The van der Waals surface area contributed by atoms with Gasteiger partial charge in [-0.25, -0.2) is 31.0 Å². The number of carbonyl (C=O) groups excluding carboxylic acids is 2. The number of rotatable bonds is 12. The Morgan fingerprint density at radius 1 is 0.922 bits per heavy atom. The number of sulfonamides is 1. The van der Waals surface area contributed by atoms with E-state index in [4.69, 9.17) is 9.72 Å². The lowest BCUT2D eigenvalue weighted by Gasteiger charge is -2.26. The molecule has 2 aromatic heterocycles. The van der Waals surface area contributed by atoms with Crippen molar-refractivity contribution in [3.8, 4) is 16.8 Å². The van der Waals surface area contributed by atoms with Crippen LogP contribution in [0, 0.1) is 17.6 Å². The number of hydrogen-bond donors (Lipinski definition) is 2. The molecule has 2 N–H and O–H groups in total. The minimum atomic E-state index is -3.99. The van der Waals surface area contributed by atoms with Crippen molar-refractivity contribution in [2.45, 2.75) is 48.6 Å². The zero-order chi connectivity index (χ0) is 45.2. The Balaban J connectivity index is 1.17. The van der Waals surface area contributed by atoms with Gasteiger partial charge < -0.3 is 15.4 Å². The van der Waals surface area contributed by atoms with Crippen LogP contribution in [0.15, 0.2) is 94.6 Å². The Morgan fingerprint density at radius 3 is 2.25 bits per heavy atom. The number of benzene rings is 4. The average molecular weight is 906 g/mol. The van der Waals surface area contributed by atoms with Crippen LogP contribution in [0.1, 0.15) is 63.5 Å². The van der Waals surface area contributed by atoms with Crippen molar-refractivity contribution < 1.29 is 49.1 Å². The maximum atomic E-state index is 15.5. The van der Waals surface area contributed by atoms with Crippen molar-refractivity contribution in [3.63, 3.8) is 0 Å². The van der Waals surface area contributed by atoms with Crippen LogP contribution in [0.2, 0.25) is 0 Å². The molecule has 3 atom stereocenters. The highest BCUT2D eigenvalue weighted by molar-refractivity contribution is 7.89. The molecule has 2 amide bonds. The summed E-state index contributed by atoms with van der Waals surface area (Å²) in [5.74, 6) is -9.09. The molecule has 13 nitrogen and oxygen atoms in total. The lowest BCUT2D eigenvalue weighted by atomic mass is 10.0. The van der Waals surface area contributed by atoms with E-state index in [0.717, 1.165) is 16.7 Å². The minimum absolute atomic E-state index is 0.00178. The van der Waals surface area contributed by atoms with Gasteiger partial charge in [0.25, 0.3) is 23.8 Å². The molecule has 20 heteroatoms. The maximum Gasteiger partial charge on any atom is 0.293 e. The summed E-state index contributed by atoms with van der Waals surface area (Å²) >= 11 is 0. The van der Waals surface area contributed by atoms with E-state index in [0.29, 0.717) is 27.4 Å². The zero-order valence-electron chi connectivity index (χ0n) is 33.7. The van der Waals surface area contributed by atoms with Gasteiger partial charge in [-0.1, -0.05) is 18.2 Å². The zero-order valence-corrected chi connectivity index (χ0v) is 34.5. The number of amides is 2. The first-order valence-corrected chi connectivity index (χ1v) is 21.6. The minimum Gasteiger partial charge on any atom is -0.379 e. The Labute approximate surface area is 360 Å². The van der Waals surface area contributed by atoms with Gasteiger partial charge in [0.1, 0.15) is 35.4 Å². The molecule has 2 aliphatic carbocycles. The van der Waals surface area contributed by atoms with Gasteiger partial charge in [-0.3, -0.25) is 23.6 Å². The van der Waals surface area contributed by atoms with Crippen LogP contribution in [-0.4, -0.2) is 77.2 Å². The van der Waals surface area contributed by atoms with E-state index in [1.165, 1.54) is 41.7 Å². The number of aromatic nitrogens is 4. The van der Waals surface area contributed by atoms with Crippen molar-refractivity contribution in [2.24, 2.45) is 5.92 Å². The Kier molecular flexibility index (Phi) is 10.9. The second kappa shape index (κ2) is 16.3. The van der Waals surface area contributed by atoms with E-state index in [9.17, 15) is 40.4 Å². The monoisotopic (exact) mass is 905 g/mol. The summed E-state index contributed by atoms with van der Waals surface area (Å²) in [6.07, 6.45) is -3.64. The quantitative estimate of drug-likeness (QED) is 0.139.